The van der Waals surface area contributed by atoms with Crippen molar-refractivity contribution in [3.8, 4) is 6.07 Å². The van der Waals surface area contributed by atoms with Crippen molar-refractivity contribution >= 4 is 58.6 Å². The van der Waals surface area contributed by atoms with Crippen molar-refractivity contribution in [3.63, 3.8) is 0 Å². The zero-order valence-electron chi connectivity index (χ0n) is 19.7. The summed E-state index contributed by atoms with van der Waals surface area (Å²) in [5.74, 6) is -1.44. The van der Waals surface area contributed by atoms with E-state index in [4.69, 9.17) is 26.1 Å². The molecule has 2 unspecified atom stereocenters. The van der Waals surface area contributed by atoms with E-state index in [9.17, 15) is 19.0 Å². The van der Waals surface area contributed by atoms with Crippen LogP contribution in [-0.2, 0) is 23.4 Å². The number of ether oxygens (including phenoxy) is 1. The average Bonchev–Trinajstić information content (AvgIpc) is 3.20. The van der Waals surface area contributed by atoms with Crippen LogP contribution >= 0.6 is 30.5 Å². The smallest absolute Gasteiger partial charge is 0.347 e. The molecule has 0 aliphatic heterocycles. The second-order valence-electron chi connectivity index (χ2n) is 8.81. The van der Waals surface area contributed by atoms with Crippen LogP contribution in [0.25, 0.3) is 16.2 Å². The first-order chi connectivity index (χ1) is 16.9. The number of hydrogen-bond acceptors (Lipinski definition) is 7. The van der Waals surface area contributed by atoms with Crippen molar-refractivity contribution in [1.29, 1.82) is 5.26 Å². The minimum absolute atomic E-state index is 0.253. The Kier molecular flexibility index (Phi) is 8.72. The first kappa shape index (κ1) is 27.6. The number of thiophene rings is 1. The number of nitrogens with zero attached hydrogens (tertiary/aromatic N) is 1. The van der Waals surface area contributed by atoms with Gasteiger partial charge in [0.2, 0.25) is 12.7 Å². The molecule has 3 aromatic rings. The summed E-state index contributed by atoms with van der Waals surface area (Å²) in [5.41, 5.74) is -1.12. The van der Waals surface area contributed by atoms with Crippen LogP contribution in [0.5, 0.6) is 0 Å². The van der Waals surface area contributed by atoms with E-state index in [0.29, 0.717) is 21.5 Å². The van der Waals surface area contributed by atoms with Crippen LogP contribution in [0.1, 0.15) is 43.1 Å². The monoisotopic (exact) mass is 546 g/mol. The van der Waals surface area contributed by atoms with Gasteiger partial charge in [-0.1, -0.05) is 23.7 Å². The molecule has 0 spiro atoms. The van der Waals surface area contributed by atoms with Crippen LogP contribution in [0.15, 0.2) is 54.0 Å². The van der Waals surface area contributed by atoms with Gasteiger partial charge in [0.1, 0.15) is 0 Å². The molecule has 8 nitrogen and oxygen atoms in total. The van der Waals surface area contributed by atoms with Gasteiger partial charge in [-0.3, -0.25) is 18.7 Å². The summed E-state index contributed by atoms with van der Waals surface area (Å²) in [6, 6.07) is 13.8. The number of carbonyl (C=O) groups excluding carboxylic acids is 2. The lowest BCUT2D eigenvalue weighted by Crippen LogP contribution is -2.27. The second kappa shape index (κ2) is 11.4. The molecule has 0 radical (unpaired) electrons. The lowest BCUT2D eigenvalue weighted by atomic mass is 9.98. The molecular weight excluding hydrogens is 523 g/mol. The van der Waals surface area contributed by atoms with Gasteiger partial charge in [-0.25, -0.2) is 0 Å². The Morgan fingerprint density at radius 3 is 2.72 bits per heavy atom. The molecule has 1 aromatic heterocycles. The van der Waals surface area contributed by atoms with Crippen LogP contribution in [0.2, 0.25) is 5.02 Å². The first-order valence-corrected chi connectivity index (χ1v) is 13.6. The number of halogens is 1. The molecule has 0 aliphatic carbocycles. The fraction of sp³-hybridized carbons (Fsp3) is 0.240. The predicted molar refractivity (Wildman–Crippen MR) is 139 cm³/mol. The Morgan fingerprint density at radius 2 is 2.03 bits per heavy atom. The van der Waals surface area contributed by atoms with Gasteiger partial charge >= 0.3 is 13.6 Å². The van der Waals surface area contributed by atoms with Gasteiger partial charge < -0.3 is 14.9 Å². The Balaban J connectivity index is 1.89. The van der Waals surface area contributed by atoms with Crippen molar-refractivity contribution in [2.45, 2.75) is 26.4 Å². The van der Waals surface area contributed by atoms with Crippen LogP contribution < -0.4 is 5.32 Å². The maximum Gasteiger partial charge on any atom is 0.347 e. The molecule has 0 fully saturated rings. The van der Waals surface area contributed by atoms with E-state index in [1.165, 1.54) is 17.5 Å². The lowest BCUT2D eigenvalue weighted by molar-refractivity contribution is -0.159. The zero-order valence-corrected chi connectivity index (χ0v) is 22.2. The Labute approximate surface area is 217 Å². The molecule has 0 saturated carbocycles. The van der Waals surface area contributed by atoms with Crippen LogP contribution in [0.3, 0.4) is 0 Å². The molecule has 0 bridgehead atoms. The summed E-state index contributed by atoms with van der Waals surface area (Å²) < 4.78 is 24.2. The third kappa shape index (κ3) is 6.82. The molecule has 1 amide bonds. The van der Waals surface area contributed by atoms with Crippen LogP contribution in [0, 0.1) is 16.7 Å². The SMILES string of the molecule is CC(C)(C)C(=O)OCOP(=O)(O)C(C(=O)NC=Cc1cccc(C#N)c1)c1csc2ccc(Cl)cc12. The van der Waals surface area contributed by atoms with Crippen molar-refractivity contribution < 1.29 is 28.3 Å². The molecule has 1 heterocycles. The largest absolute Gasteiger partial charge is 0.438 e. The van der Waals surface area contributed by atoms with Gasteiger partial charge in [0.25, 0.3) is 0 Å². The molecular formula is C25H24ClN2O6PS. The topological polar surface area (TPSA) is 126 Å². The molecule has 3 rings (SSSR count). The predicted octanol–water partition coefficient (Wildman–Crippen LogP) is 6.00. The number of hydrogen-bond donors (Lipinski definition) is 2. The molecule has 2 N–H and O–H groups in total. The van der Waals surface area contributed by atoms with Gasteiger partial charge in [-0.05, 0) is 79.1 Å². The van der Waals surface area contributed by atoms with Gasteiger partial charge in [-0.15, -0.1) is 11.3 Å². The van der Waals surface area contributed by atoms with Crippen LogP contribution in [0.4, 0.5) is 0 Å². The summed E-state index contributed by atoms with van der Waals surface area (Å²) in [6.07, 6.45) is 2.86. The first-order valence-electron chi connectivity index (χ1n) is 10.7. The lowest BCUT2D eigenvalue weighted by Gasteiger charge is -2.22. The van der Waals surface area contributed by atoms with Crippen molar-refractivity contribution in [2.24, 2.45) is 5.41 Å². The van der Waals surface area contributed by atoms with E-state index in [-0.39, 0.29) is 5.56 Å². The molecule has 188 valence electrons. The molecule has 2 atom stereocenters. The second-order valence-corrected chi connectivity index (χ2v) is 12.1. The number of esters is 1. The highest BCUT2D eigenvalue weighted by molar-refractivity contribution is 7.54. The molecule has 2 aromatic carbocycles. The average molecular weight is 547 g/mol. The minimum atomic E-state index is -4.70. The summed E-state index contributed by atoms with van der Waals surface area (Å²) in [5, 5.41) is 14.1. The van der Waals surface area contributed by atoms with Gasteiger partial charge in [0.15, 0.2) is 5.66 Å². The maximum absolute atomic E-state index is 13.3. The number of amides is 1. The molecule has 36 heavy (non-hydrogen) atoms. The zero-order chi connectivity index (χ0) is 26.5. The molecule has 0 aliphatic rings. The minimum Gasteiger partial charge on any atom is -0.438 e. The Morgan fingerprint density at radius 1 is 1.28 bits per heavy atom. The summed E-state index contributed by atoms with van der Waals surface area (Å²) >= 11 is 7.41. The third-order valence-corrected chi connectivity index (χ3v) is 7.85. The normalized spacial score (nSPS) is 14.2. The quantitative estimate of drug-likeness (QED) is 0.201. The number of carbonyl (C=O) groups is 2. The summed E-state index contributed by atoms with van der Waals surface area (Å²) in [7, 11) is -4.70. The fourth-order valence-corrected chi connectivity index (χ4v) is 5.68. The molecule has 0 saturated heterocycles. The van der Waals surface area contributed by atoms with Crippen LogP contribution in [-0.4, -0.2) is 23.6 Å². The van der Waals surface area contributed by atoms with E-state index in [2.05, 4.69) is 5.32 Å². The number of rotatable bonds is 8. The van der Waals surface area contributed by atoms with E-state index in [1.807, 2.05) is 6.07 Å². The third-order valence-electron chi connectivity index (χ3n) is 4.99. The highest BCUT2D eigenvalue weighted by Gasteiger charge is 2.42. The molecule has 11 heteroatoms. The number of benzene rings is 2. The Hall–Kier alpha value is -2.99. The van der Waals surface area contributed by atoms with Gasteiger partial charge in [0, 0.05) is 15.9 Å². The highest BCUT2D eigenvalue weighted by Crippen LogP contribution is 2.58. The van der Waals surface area contributed by atoms with Crippen molar-refractivity contribution in [2.75, 3.05) is 6.79 Å². The van der Waals surface area contributed by atoms with E-state index >= 15 is 0 Å². The summed E-state index contributed by atoms with van der Waals surface area (Å²) in [4.78, 5) is 36.1. The van der Waals surface area contributed by atoms with E-state index in [1.54, 1.807) is 74.7 Å². The summed E-state index contributed by atoms with van der Waals surface area (Å²) in [6.45, 7) is 4.09. The number of fused-ring (bicyclic) bond motifs is 1. The van der Waals surface area contributed by atoms with Crippen molar-refractivity contribution in [1.82, 2.24) is 5.32 Å². The van der Waals surface area contributed by atoms with Crippen molar-refractivity contribution in [3.05, 3.63) is 75.8 Å². The maximum atomic E-state index is 13.3. The van der Waals surface area contributed by atoms with E-state index < -0.39 is 37.3 Å². The fourth-order valence-electron chi connectivity index (χ4n) is 3.16. The van der Waals surface area contributed by atoms with Gasteiger partial charge in [0.05, 0.1) is 17.0 Å². The number of nitriles is 1. The van der Waals surface area contributed by atoms with E-state index in [0.717, 1.165) is 4.70 Å². The number of nitrogens with one attached hydrogen (secondary N) is 1. The Bertz CT molecular complexity index is 1410. The highest BCUT2D eigenvalue weighted by atomic mass is 35.5. The standard InChI is InChI=1S/C25H24ClN2O6PS/c1-25(2,3)24(30)33-15-34-35(31,32)22(20-14-36-21-8-7-18(26)12-19(20)21)23(29)28-10-9-16-5-4-6-17(11-16)13-27/h4-12,14,22H,15H2,1-3H3,(H,28,29)(H,31,32). The van der Waals surface area contributed by atoms with Gasteiger partial charge in [-0.2, -0.15) is 5.26 Å².